The minimum absolute atomic E-state index is 0.0724. The molecule has 3 aromatic rings. The molecule has 0 saturated heterocycles. The van der Waals surface area contributed by atoms with E-state index in [1.165, 1.54) is 12.1 Å². The van der Waals surface area contributed by atoms with Crippen molar-refractivity contribution in [2.75, 3.05) is 5.75 Å². The van der Waals surface area contributed by atoms with Crippen molar-refractivity contribution in [3.05, 3.63) is 60.4 Å². The van der Waals surface area contributed by atoms with Gasteiger partial charge in [-0.3, -0.25) is 14.7 Å². The van der Waals surface area contributed by atoms with Gasteiger partial charge in [0, 0.05) is 11.3 Å². The van der Waals surface area contributed by atoms with Gasteiger partial charge in [0.2, 0.25) is 5.91 Å². The number of primary amides is 1. The molecule has 3 rings (SSSR count). The van der Waals surface area contributed by atoms with Crippen LogP contribution < -0.4 is 11.1 Å². The highest BCUT2D eigenvalue weighted by molar-refractivity contribution is 7.99. The van der Waals surface area contributed by atoms with Crippen LogP contribution >= 0.6 is 11.8 Å². The highest BCUT2D eigenvalue weighted by atomic mass is 32.2. The summed E-state index contributed by atoms with van der Waals surface area (Å²) in [5.41, 5.74) is 6.39. The van der Waals surface area contributed by atoms with Gasteiger partial charge in [-0.25, -0.2) is 9.18 Å². The van der Waals surface area contributed by atoms with Gasteiger partial charge in [0.25, 0.3) is 0 Å². The Labute approximate surface area is 152 Å². The maximum atomic E-state index is 13.3. The van der Waals surface area contributed by atoms with Crippen molar-refractivity contribution in [1.82, 2.24) is 20.1 Å². The van der Waals surface area contributed by atoms with E-state index in [2.05, 4.69) is 10.2 Å². The molecule has 3 amide bonds. The number of carbonyl (C=O) groups is 2. The van der Waals surface area contributed by atoms with E-state index in [1.54, 1.807) is 16.7 Å². The Balaban J connectivity index is 1.97. The van der Waals surface area contributed by atoms with Crippen molar-refractivity contribution in [3.8, 4) is 17.1 Å². The number of thioether (sulfide) groups is 1. The fraction of sp³-hybridized carbons (Fsp3) is 0.0588. The van der Waals surface area contributed by atoms with Crippen molar-refractivity contribution in [3.63, 3.8) is 0 Å². The van der Waals surface area contributed by atoms with Crippen LogP contribution in [0, 0.1) is 5.82 Å². The van der Waals surface area contributed by atoms with E-state index in [9.17, 15) is 14.0 Å². The summed E-state index contributed by atoms with van der Waals surface area (Å²) < 4.78 is 15.0. The van der Waals surface area contributed by atoms with Crippen LogP contribution in [0.15, 0.2) is 59.8 Å². The molecule has 0 bridgehead atoms. The van der Waals surface area contributed by atoms with E-state index < -0.39 is 11.9 Å². The fourth-order valence-electron chi connectivity index (χ4n) is 2.26. The molecule has 0 fully saturated rings. The smallest absolute Gasteiger partial charge is 0.318 e. The van der Waals surface area contributed by atoms with Gasteiger partial charge in [-0.1, -0.05) is 42.1 Å². The predicted octanol–water partition coefficient (Wildman–Crippen LogP) is 2.36. The lowest BCUT2D eigenvalue weighted by atomic mass is 10.2. The van der Waals surface area contributed by atoms with Crippen LogP contribution in [0.1, 0.15) is 0 Å². The number of rotatable bonds is 5. The average Bonchev–Trinajstić information content (AvgIpc) is 3.05. The first-order valence-corrected chi connectivity index (χ1v) is 8.52. The number of nitrogens with two attached hydrogens (primary N) is 1. The molecule has 0 saturated carbocycles. The molecule has 0 aliphatic heterocycles. The van der Waals surface area contributed by atoms with E-state index >= 15 is 0 Å². The van der Waals surface area contributed by atoms with Crippen molar-refractivity contribution in [2.45, 2.75) is 5.16 Å². The number of hydrogen-bond donors (Lipinski definition) is 2. The molecule has 9 heteroatoms. The summed E-state index contributed by atoms with van der Waals surface area (Å²) in [6.45, 7) is 0. The summed E-state index contributed by atoms with van der Waals surface area (Å²) in [5.74, 6) is -0.428. The molecule has 1 heterocycles. The zero-order valence-corrected chi connectivity index (χ0v) is 14.2. The Bertz CT molecular complexity index is 928. The second-order valence-electron chi connectivity index (χ2n) is 5.19. The topological polar surface area (TPSA) is 103 Å². The first-order chi connectivity index (χ1) is 12.5. The number of amides is 3. The first kappa shape index (κ1) is 17.6. The Morgan fingerprint density at radius 2 is 1.77 bits per heavy atom. The molecule has 0 spiro atoms. The number of halogens is 1. The Morgan fingerprint density at radius 1 is 1.08 bits per heavy atom. The SMILES string of the molecule is NC(=O)NC(=O)CSc1nnc(-c2ccccc2)n1-c1ccc(F)cc1. The van der Waals surface area contributed by atoms with E-state index in [4.69, 9.17) is 5.73 Å². The molecule has 3 N–H and O–H groups in total. The summed E-state index contributed by atoms with van der Waals surface area (Å²) in [4.78, 5) is 22.4. The molecule has 1 aromatic heterocycles. The summed E-state index contributed by atoms with van der Waals surface area (Å²) >= 11 is 1.09. The van der Waals surface area contributed by atoms with Gasteiger partial charge < -0.3 is 5.73 Å². The van der Waals surface area contributed by atoms with Gasteiger partial charge in [0.15, 0.2) is 11.0 Å². The number of aromatic nitrogens is 3. The van der Waals surface area contributed by atoms with Crippen LogP contribution in [0.4, 0.5) is 9.18 Å². The van der Waals surface area contributed by atoms with Crippen molar-refractivity contribution >= 4 is 23.7 Å². The molecule has 0 unspecified atom stereocenters. The number of benzene rings is 2. The Hall–Kier alpha value is -3.20. The van der Waals surface area contributed by atoms with Gasteiger partial charge in [0.1, 0.15) is 5.82 Å². The average molecular weight is 371 g/mol. The summed E-state index contributed by atoms with van der Waals surface area (Å²) in [7, 11) is 0. The van der Waals surface area contributed by atoms with Crippen molar-refractivity contribution < 1.29 is 14.0 Å². The van der Waals surface area contributed by atoms with E-state index in [-0.39, 0.29) is 11.6 Å². The number of hydrogen-bond acceptors (Lipinski definition) is 5. The van der Waals surface area contributed by atoms with E-state index in [1.807, 2.05) is 35.6 Å². The van der Waals surface area contributed by atoms with Crippen LogP contribution in [0.2, 0.25) is 0 Å². The van der Waals surface area contributed by atoms with Crippen LogP contribution in [-0.4, -0.2) is 32.5 Å². The summed E-state index contributed by atoms with van der Waals surface area (Å²) in [6.07, 6.45) is 0. The second kappa shape index (κ2) is 7.79. The molecule has 2 aromatic carbocycles. The maximum Gasteiger partial charge on any atom is 0.318 e. The summed E-state index contributed by atoms with van der Waals surface area (Å²) in [6, 6.07) is 14.3. The van der Waals surface area contributed by atoms with Gasteiger partial charge in [-0.05, 0) is 24.3 Å². The minimum Gasteiger partial charge on any atom is -0.351 e. The van der Waals surface area contributed by atoms with Crippen LogP contribution in [0.3, 0.4) is 0 Å². The first-order valence-electron chi connectivity index (χ1n) is 7.53. The monoisotopic (exact) mass is 371 g/mol. The number of urea groups is 1. The number of nitrogens with one attached hydrogen (secondary N) is 1. The third kappa shape index (κ3) is 4.06. The predicted molar refractivity (Wildman–Crippen MR) is 95.2 cm³/mol. The molecule has 132 valence electrons. The lowest BCUT2D eigenvalue weighted by Gasteiger charge is -2.10. The quantitative estimate of drug-likeness (QED) is 0.670. The number of imide groups is 1. The highest BCUT2D eigenvalue weighted by Crippen LogP contribution is 2.27. The van der Waals surface area contributed by atoms with E-state index in [0.717, 1.165) is 17.3 Å². The third-order valence-corrected chi connectivity index (χ3v) is 4.27. The fourth-order valence-corrected chi connectivity index (χ4v) is 3.02. The van der Waals surface area contributed by atoms with Crippen LogP contribution in [0.5, 0.6) is 0 Å². The molecule has 26 heavy (non-hydrogen) atoms. The van der Waals surface area contributed by atoms with Crippen LogP contribution in [-0.2, 0) is 4.79 Å². The molecular formula is C17H14FN5O2S. The van der Waals surface area contributed by atoms with Gasteiger partial charge in [0.05, 0.1) is 5.75 Å². The van der Waals surface area contributed by atoms with Crippen molar-refractivity contribution in [2.24, 2.45) is 5.73 Å². The standard InChI is InChI=1S/C17H14FN5O2S/c18-12-6-8-13(9-7-12)23-15(11-4-2-1-3-5-11)21-22-17(23)26-10-14(24)20-16(19)25/h1-9H,10H2,(H3,19,20,24,25). The minimum atomic E-state index is -0.916. The lowest BCUT2D eigenvalue weighted by molar-refractivity contribution is -0.117. The molecule has 0 aliphatic rings. The van der Waals surface area contributed by atoms with Gasteiger partial charge in [-0.2, -0.15) is 0 Å². The van der Waals surface area contributed by atoms with Gasteiger partial charge >= 0.3 is 6.03 Å². The number of nitrogens with zero attached hydrogens (tertiary/aromatic N) is 3. The highest BCUT2D eigenvalue weighted by Gasteiger charge is 2.17. The second-order valence-corrected chi connectivity index (χ2v) is 6.13. The molecule has 0 aliphatic carbocycles. The Morgan fingerprint density at radius 3 is 2.42 bits per heavy atom. The van der Waals surface area contributed by atoms with Gasteiger partial charge in [-0.15, -0.1) is 10.2 Å². The molecule has 0 radical (unpaired) electrons. The maximum absolute atomic E-state index is 13.3. The zero-order chi connectivity index (χ0) is 18.5. The lowest BCUT2D eigenvalue weighted by Crippen LogP contribution is -2.36. The molecule has 0 atom stereocenters. The van der Waals surface area contributed by atoms with Crippen LogP contribution in [0.25, 0.3) is 17.1 Å². The normalized spacial score (nSPS) is 10.5. The Kier molecular flexibility index (Phi) is 5.28. The zero-order valence-electron chi connectivity index (χ0n) is 13.4. The third-order valence-electron chi connectivity index (χ3n) is 3.35. The largest absolute Gasteiger partial charge is 0.351 e. The van der Waals surface area contributed by atoms with E-state index in [0.29, 0.717) is 16.7 Å². The summed E-state index contributed by atoms with van der Waals surface area (Å²) in [5, 5.41) is 10.7. The molecule has 7 nitrogen and oxygen atoms in total. The van der Waals surface area contributed by atoms with Crippen molar-refractivity contribution in [1.29, 1.82) is 0 Å². The number of carbonyl (C=O) groups excluding carboxylic acids is 2. The molecular weight excluding hydrogens is 357 g/mol.